The molecular weight excluding hydrogens is 172 g/mol. The first kappa shape index (κ1) is 10.5. The van der Waals surface area contributed by atoms with Crippen molar-refractivity contribution in [1.82, 2.24) is 5.32 Å². The van der Waals surface area contributed by atoms with Crippen molar-refractivity contribution in [3.8, 4) is 0 Å². The van der Waals surface area contributed by atoms with Crippen molar-refractivity contribution in [2.75, 3.05) is 6.61 Å². The normalized spacial score (nSPS) is 15.5. The van der Waals surface area contributed by atoms with Crippen molar-refractivity contribution in [3.05, 3.63) is 0 Å². The van der Waals surface area contributed by atoms with Gasteiger partial charge in [0.2, 0.25) is 5.91 Å². The van der Waals surface area contributed by atoms with Gasteiger partial charge in [-0.15, -0.1) is 0 Å². The molecule has 0 spiro atoms. The summed E-state index contributed by atoms with van der Waals surface area (Å²) in [7, 11) is 0. The fourth-order valence-corrected chi connectivity index (χ4v) is 0.607. The Morgan fingerprint density at radius 2 is 2.45 bits per heavy atom. The van der Waals surface area contributed by atoms with Crippen LogP contribution >= 0.6 is 0 Å². The molecule has 66 valence electrons. The van der Waals surface area contributed by atoms with Crippen LogP contribution in [0.4, 0.5) is 0 Å². The molecule has 6 nitrogen and oxygen atoms in total. The lowest BCUT2D eigenvalue weighted by Crippen LogP contribution is -2.40. The van der Waals surface area contributed by atoms with Crippen LogP contribution in [-0.4, -0.2) is 27.4 Å². The summed E-state index contributed by atoms with van der Waals surface area (Å²) in [6.45, 7) is 1.10. The van der Waals surface area contributed by atoms with Gasteiger partial charge < -0.3 is 11.1 Å². The fraction of sp³-hybridized carbons (Fsp3) is 0.750. The maximum absolute atomic E-state index is 10.6. The molecule has 4 N–H and O–H groups in total. The molecule has 0 saturated heterocycles. The minimum atomic E-state index is -2.40. The third-order valence-electron chi connectivity index (χ3n) is 0.679. The van der Waals surface area contributed by atoms with E-state index in [4.69, 9.17) is 10.3 Å². The second kappa shape index (κ2) is 5.19. The molecule has 0 aromatic carbocycles. The highest BCUT2D eigenvalue weighted by Gasteiger charge is 2.04. The molecule has 0 aromatic heterocycles. The van der Waals surface area contributed by atoms with Gasteiger partial charge in [-0.1, -0.05) is 0 Å². The first-order valence-electron chi connectivity index (χ1n) is 2.81. The van der Waals surface area contributed by atoms with Crippen molar-refractivity contribution in [1.29, 1.82) is 0 Å². The number of amides is 1. The fourth-order valence-electron chi connectivity index (χ4n) is 0.400. The molecule has 0 heterocycles. The van der Waals surface area contributed by atoms with Gasteiger partial charge in [-0.2, -0.15) is 4.21 Å². The van der Waals surface area contributed by atoms with Crippen LogP contribution in [0.25, 0.3) is 0 Å². The van der Waals surface area contributed by atoms with Gasteiger partial charge in [-0.3, -0.25) is 13.5 Å². The number of hydrogen-bond donors (Lipinski definition) is 3. The van der Waals surface area contributed by atoms with Crippen LogP contribution in [0.3, 0.4) is 0 Å². The van der Waals surface area contributed by atoms with Gasteiger partial charge in [0, 0.05) is 0 Å². The Bertz CT molecular complexity index is 160. The standard InChI is InChI=1S/C4H10N2O4S/c1-3(5)6-4(7)2-10-11(8)9/h3H,2,5H2,1H3,(H,6,7)(H,8,9). The largest absolute Gasteiger partial charge is 0.339 e. The smallest absolute Gasteiger partial charge is 0.302 e. The number of carbonyl (C=O) groups excluding carboxylic acids is 1. The topological polar surface area (TPSA) is 102 Å². The number of nitrogens with one attached hydrogen (secondary N) is 1. The highest BCUT2D eigenvalue weighted by Crippen LogP contribution is 1.79. The summed E-state index contributed by atoms with van der Waals surface area (Å²) in [4.78, 5) is 10.6. The Hall–Kier alpha value is -0.500. The molecule has 0 saturated carbocycles. The summed E-state index contributed by atoms with van der Waals surface area (Å²) in [5.41, 5.74) is 5.17. The maximum Gasteiger partial charge on any atom is 0.302 e. The monoisotopic (exact) mass is 182 g/mol. The van der Waals surface area contributed by atoms with Crippen molar-refractivity contribution >= 4 is 17.3 Å². The second-order valence-electron chi connectivity index (χ2n) is 1.84. The van der Waals surface area contributed by atoms with Gasteiger partial charge in [-0.05, 0) is 6.92 Å². The summed E-state index contributed by atoms with van der Waals surface area (Å²) in [6, 6.07) is 0. The molecular formula is C4H10N2O4S. The molecule has 0 aliphatic rings. The third kappa shape index (κ3) is 7.40. The number of hydrogen-bond acceptors (Lipinski definition) is 4. The van der Waals surface area contributed by atoms with E-state index in [1.54, 1.807) is 6.92 Å². The van der Waals surface area contributed by atoms with Gasteiger partial charge >= 0.3 is 11.4 Å². The van der Waals surface area contributed by atoms with E-state index in [0.717, 1.165) is 0 Å². The minimum absolute atomic E-state index is 0.468. The number of rotatable bonds is 4. The average molecular weight is 182 g/mol. The van der Waals surface area contributed by atoms with Gasteiger partial charge in [0.25, 0.3) is 0 Å². The third-order valence-corrected chi connectivity index (χ3v) is 0.999. The predicted octanol–water partition coefficient (Wildman–Crippen LogP) is -1.44. The lowest BCUT2D eigenvalue weighted by atomic mass is 10.5. The van der Waals surface area contributed by atoms with Crippen LogP contribution in [0.15, 0.2) is 0 Å². The summed E-state index contributed by atoms with van der Waals surface area (Å²) < 4.78 is 22.0. The van der Waals surface area contributed by atoms with Crippen molar-refractivity contribution in [2.24, 2.45) is 5.73 Å². The zero-order valence-electron chi connectivity index (χ0n) is 5.94. The molecule has 0 radical (unpaired) electrons. The highest BCUT2D eigenvalue weighted by molar-refractivity contribution is 7.74. The van der Waals surface area contributed by atoms with E-state index >= 15 is 0 Å². The van der Waals surface area contributed by atoms with Crippen LogP contribution in [0.5, 0.6) is 0 Å². The highest BCUT2D eigenvalue weighted by atomic mass is 32.2. The van der Waals surface area contributed by atoms with Crippen LogP contribution in [-0.2, 0) is 20.3 Å². The lowest BCUT2D eigenvalue weighted by molar-refractivity contribution is -0.123. The van der Waals surface area contributed by atoms with Crippen molar-refractivity contribution in [3.63, 3.8) is 0 Å². The first-order chi connectivity index (χ1) is 5.02. The Morgan fingerprint density at radius 1 is 1.91 bits per heavy atom. The Labute approximate surface area is 66.6 Å². The van der Waals surface area contributed by atoms with E-state index in [9.17, 15) is 9.00 Å². The van der Waals surface area contributed by atoms with Crippen LogP contribution < -0.4 is 11.1 Å². The maximum atomic E-state index is 10.6. The van der Waals surface area contributed by atoms with E-state index in [2.05, 4.69) is 9.50 Å². The van der Waals surface area contributed by atoms with Gasteiger partial charge in [0.1, 0.15) is 6.61 Å². The number of carbonyl (C=O) groups is 1. The molecule has 0 aromatic rings. The van der Waals surface area contributed by atoms with E-state index in [0.29, 0.717) is 0 Å². The molecule has 11 heavy (non-hydrogen) atoms. The summed E-state index contributed by atoms with van der Waals surface area (Å²) in [5.74, 6) is -0.526. The first-order valence-corrected chi connectivity index (χ1v) is 3.84. The predicted molar refractivity (Wildman–Crippen MR) is 38.5 cm³/mol. The molecule has 1 amide bonds. The zero-order valence-corrected chi connectivity index (χ0v) is 6.76. The van der Waals surface area contributed by atoms with Gasteiger partial charge in [0.15, 0.2) is 0 Å². The molecule has 0 aliphatic heterocycles. The Kier molecular flexibility index (Phi) is 4.95. The zero-order chi connectivity index (χ0) is 8.85. The van der Waals surface area contributed by atoms with Crippen molar-refractivity contribution in [2.45, 2.75) is 13.1 Å². The van der Waals surface area contributed by atoms with E-state index < -0.39 is 30.0 Å². The number of nitrogens with two attached hydrogens (primary N) is 1. The molecule has 0 bridgehead atoms. The van der Waals surface area contributed by atoms with Gasteiger partial charge in [0.05, 0.1) is 6.17 Å². The van der Waals surface area contributed by atoms with Crippen molar-refractivity contribution < 1.29 is 17.7 Å². The van der Waals surface area contributed by atoms with E-state index in [1.165, 1.54) is 0 Å². The molecule has 7 heteroatoms. The summed E-state index contributed by atoms with van der Waals surface area (Å²) in [6.07, 6.45) is -0.488. The molecule has 0 rings (SSSR count). The SMILES string of the molecule is CC(N)NC(=O)COS(=O)O. The minimum Gasteiger partial charge on any atom is -0.339 e. The van der Waals surface area contributed by atoms with E-state index in [1.807, 2.05) is 0 Å². The molecule has 0 fully saturated rings. The van der Waals surface area contributed by atoms with Crippen LogP contribution in [0.2, 0.25) is 0 Å². The Balaban J connectivity index is 3.45. The Morgan fingerprint density at radius 3 is 2.82 bits per heavy atom. The summed E-state index contributed by atoms with van der Waals surface area (Å²) in [5, 5.41) is 2.27. The molecule has 2 unspecified atom stereocenters. The van der Waals surface area contributed by atoms with Gasteiger partial charge in [-0.25, -0.2) is 0 Å². The van der Waals surface area contributed by atoms with Crippen LogP contribution in [0.1, 0.15) is 6.92 Å². The second-order valence-corrected chi connectivity index (χ2v) is 2.51. The molecule has 2 atom stereocenters. The lowest BCUT2D eigenvalue weighted by Gasteiger charge is -2.06. The average Bonchev–Trinajstić information content (AvgIpc) is 1.82. The quantitative estimate of drug-likeness (QED) is 0.365. The molecule has 0 aliphatic carbocycles. The summed E-state index contributed by atoms with van der Waals surface area (Å²) >= 11 is -2.40. The van der Waals surface area contributed by atoms with E-state index in [-0.39, 0.29) is 0 Å². The van der Waals surface area contributed by atoms with Crippen LogP contribution in [0, 0.1) is 0 Å².